The van der Waals surface area contributed by atoms with Gasteiger partial charge in [0.05, 0.1) is 11.1 Å². The van der Waals surface area contributed by atoms with Gasteiger partial charge in [-0.25, -0.2) is 9.78 Å². The van der Waals surface area contributed by atoms with Crippen molar-refractivity contribution < 1.29 is 9.90 Å². The van der Waals surface area contributed by atoms with Crippen molar-refractivity contribution in [3.05, 3.63) is 65.9 Å². The molecule has 0 spiro atoms. The molecule has 0 amide bonds. The van der Waals surface area contributed by atoms with Crippen LogP contribution >= 0.6 is 0 Å². The molecule has 0 radical (unpaired) electrons. The molecule has 1 aromatic heterocycles. The number of nitrogens with zero attached hydrogens (tertiary/aromatic N) is 2. The van der Waals surface area contributed by atoms with E-state index < -0.39 is 5.97 Å². The van der Waals surface area contributed by atoms with Gasteiger partial charge in [-0.3, -0.25) is 0 Å². The molecule has 1 N–H and O–H groups in total. The van der Waals surface area contributed by atoms with Crippen molar-refractivity contribution >= 4 is 16.9 Å². The van der Waals surface area contributed by atoms with E-state index in [9.17, 15) is 15.2 Å². The minimum Gasteiger partial charge on any atom is -0.478 e. The minimum absolute atomic E-state index is 0.158. The molecule has 0 unspecified atom stereocenters. The first kappa shape index (κ1) is 12.8. The van der Waals surface area contributed by atoms with E-state index in [0.717, 1.165) is 5.39 Å². The molecule has 0 bridgehead atoms. The van der Waals surface area contributed by atoms with E-state index in [-0.39, 0.29) is 11.3 Å². The number of hydrogen-bond acceptors (Lipinski definition) is 3. The van der Waals surface area contributed by atoms with Crippen LogP contribution in [-0.2, 0) is 0 Å². The highest BCUT2D eigenvalue weighted by Crippen LogP contribution is 2.29. The van der Waals surface area contributed by atoms with E-state index in [1.165, 1.54) is 6.07 Å². The largest absolute Gasteiger partial charge is 0.478 e. The first-order valence-corrected chi connectivity index (χ1v) is 6.33. The molecule has 4 nitrogen and oxygen atoms in total. The van der Waals surface area contributed by atoms with Crippen LogP contribution in [0.4, 0.5) is 0 Å². The number of nitriles is 1. The number of para-hydroxylation sites is 1. The van der Waals surface area contributed by atoms with Crippen LogP contribution < -0.4 is 0 Å². The normalized spacial score (nSPS) is 10.2. The summed E-state index contributed by atoms with van der Waals surface area (Å²) in [6, 6.07) is 17.9. The second-order valence-electron chi connectivity index (χ2n) is 4.54. The summed E-state index contributed by atoms with van der Waals surface area (Å²) in [7, 11) is 0. The SMILES string of the molecule is N#Cc1nc2ccccc2cc1-c1ccccc1C(=O)O. The predicted octanol–water partition coefficient (Wildman–Crippen LogP) is 3.47. The fraction of sp³-hybridized carbons (Fsp3) is 0. The molecule has 3 aromatic rings. The zero-order valence-corrected chi connectivity index (χ0v) is 10.9. The Morgan fingerprint density at radius 2 is 1.76 bits per heavy atom. The topological polar surface area (TPSA) is 74.0 Å². The Hall–Kier alpha value is -3.19. The zero-order valence-electron chi connectivity index (χ0n) is 10.9. The summed E-state index contributed by atoms with van der Waals surface area (Å²) in [5, 5.41) is 19.5. The number of aromatic carboxylic acids is 1. The van der Waals surface area contributed by atoms with Gasteiger partial charge in [0.1, 0.15) is 11.8 Å². The zero-order chi connectivity index (χ0) is 14.8. The van der Waals surface area contributed by atoms with Gasteiger partial charge in [-0.1, -0.05) is 36.4 Å². The van der Waals surface area contributed by atoms with Crippen molar-refractivity contribution in [2.24, 2.45) is 0 Å². The summed E-state index contributed by atoms with van der Waals surface area (Å²) >= 11 is 0. The van der Waals surface area contributed by atoms with E-state index in [1.807, 2.05) is 36.4 Å². The quantitative estimate of drug-likeness (QED) is 0.776. The average molecular weight is 274 g/mol. The standard InChI is InChI=1S/C17H10N2O2/c18-10-16-14(9-11-5-1-4-8-15(11)19-16)12-6-2-3-7-13(12)17(20)21/h1-9H,(H,20,21). The van der Waals surface area contributed by atoms with Crippen molar-refractivity contribution in [3.63, 3.8) is 0 Å². The van der Waals surface area contributed by atoms with Crippen LogP contribution in [0.5, 0.6) is 0 Å². The molecule has 0 aliphatic rings. The Bertz CT molecular complexity index is 895. The molecule has 3 rings (SSSR count). The van der Waals surface area contributed by atoms with Crippen LogP contribution in [0.1, 0.15) is 16.1 Å². The van der Waals surface area contributed by atoms with Gasteiger partial charge in [-0.05, 0) is 23.8 Å². The lowest BCUT2D eigenvalue weighted by Gasteiger charge is -2.09. The third-order valence-electron chi connectivity index (χ3n) is 3.28. The first-order valence-electron chi connectivity index (χ1n) is 6.33. The number of carbonyl (C=O) groups is 1. The lowest BCUT2D eigenvalue weighted by Crippen LogP contribution is -2.01. The third kappa shape index (κ3) is 2.21. The van der Waals surface area contributed by atoms with Gasteiger partial charge in [-0.2, -0.15) is 5.26 Å². The summed E-state index contributed by atoms with van der Waals surface area (Å²) in [6.07, 6.45) is 0. The maximum Gasteiger partial charge on any atom is 0.336 e. The third-order valence-corrected chi connectivity index (χ3v) is 3.28. The number of aromatic nitrogens is 1. The molecule has 0 aliphatic carbocycles. The number of carboxylic acid groups (broad SMARTS) is 1. The number of hydrogen-bond donors (Lipinski definition) is 1. The van der Waals surface area contributed by atoms with E-state index in [0.29, 0.717) is 16.6 Å². The van der Waals surface area contributed by atoms with Gasteiger partial charge in [0.2, 0.25) is 0 Å². The first-order chi connectivity index (χ1) is 10.2. The summed E-state index contributed by atoms with van der Waals surface area (Å²) in [5.74, 6) is -1.03. The van der Waals surface area contributed by atoms with Gasteiger partial charge >= 0.3 is 5.97 Å². The average Bonchev–Trinajstić information content (AvgIpc) is 2.53. The highest BCUT2D eigenvalue weighted by Gasteiger charge is 2.15. The van der Waals surface area contributed by atoms with E-state index in [2.05, 4.69) is 4.98 Å². The van der Waals surface area contributed by atoms with Gasteiger partial charge in [0.25, 0.3) is 0 Å². The fourth-order valence-electron chi connectivity index (χ4n) is 2.31. The van der Waals surface area contributed by atoms with E-state index >= 15 is 0 Å². The Labute approximate surface area is 120 Å². The molecule has 0 aliphatic heterocycles. The molecule has 1 heterocycles. The monoisotopic (exact) mass is 274 g/mol. The summed E-state index contributed by atoms with van der Waals surface area (Å²) < 4.78 is 0. The Morgan fingerprint density at radius 1 is 1.05 bits per heavy atom. The number of fused-ring (bicyclic) bond motifs is 1. The molecule has 2 aromatic carbocycles. The number of carboxylic acids is 1. The lowest BCUT2D eigenvalue weighted by molar-refractivity contribution is 0.0697. The van der Waals surface area contributed by atoms with Crippen molar-refractivity contribution in [1.29, 1.82) is 5.26 Å². The van der Waals surface area contributed by atoms with Crippen molar-refractivity contribution in [2.45, 2.75) is 0 Å². The van der Waals surface area contributed by atoms with Crippen LogP contribution in [0.25, 0.3) is 22.0 Å². The van der Waals surface area contributed by atoms with Crippen LogP contribution in [0.15, 0.2) is 54.6 Å². The second kappa shape index (κ2) is 5.06. The van der Waals surface area contributed by atoms with Gasteiger partial charge in [0.15, 0.2) is 0 Å². The second-order valence-corrected chi connectivity index (χ2v) is 4.54. The molecular weight excluding hydrogens is 264 g/mol. The Kier molecular flexibility index (Phi) is 3.09. The number of pyridine rings is 1. The smallest absolute Gasteiger partial charge is 0.336 e. The molecule has 0 saturated carbocycles. The number of benzene rings is 2. The molecule has 0 atom stereocenters. The summed E-state index contributed by atoms with van der Waals surface area (Å²) in [4.78, 5) is 15.7. The number of rotatable bonds is 2. The maximum atomic E-state index is 11.4. The molecule has 21 heavy (non-hydrogen) atoms. The fourth-order valence-corrected chi connectivity index (χ4v) is 2.31. The highest BCUT2D eigenvalue weighted by molar-refractivity contribution is 5.98. The molecule has 0 fully saturated rings. The van der Waals surface area contributed by atoms with Crippen molar-refractivity contribution in [2.75, 3.05) is 0 Å². The van der Waals surface area contributed by atoms with E-state index in [1.54, 1.807) is 18.2 Å². The molecule has 0 saturated heterocycles. The van der Waals surface area contributed by atoms with Crippen LogP contribution in [-0.4, -0.2) is 16.1 Å². The summed E-state index contributed by atoms with van der Waals surface area (Å²) in [5.41, 5.74) is 2.13. The van der Waals surface area contributed by atoms with Crippen LogP contribution in [0.2, 0.25) is 0 Å². The predicted molar refractivity (Wildman–Crippen MR) is 78.9 cm³/mol. The molecular formula is C17H10N2O2. The van der Waals surface area contributed by atoms with Gasteiger partial charge < -0.3 is 5.11 Å². The Morgan fingerprint density at radius 3 is 2.52 bits per heavy atom. The van der Waals surface area contributed by atoms with Crippen molar-refractivity contribution in [3.8, 4) is 17.2 Å². The van der Waals surface area contributed by atoms with Crippen LogP contribution in [0.3, 0.4) is 0 Å². The maximum absolute atomic E-state index is 11.4. The minimum atomic E-state index is -1.03. The van der Waals surface area contributed by atoms with E-state index in [4.69, 9.17) is 0 Å². The van der Waals surface area contributed by atoms with Crippen LogP contribution in [0, 0.1) is 11.3 Å². The van der Waals surface area contributed by atoms with Gasteiger partial charge in [0, 0.05) is 10.9 Å². The van der Waals surface area contributed by atoms with Gasteiger partial charge in [-0.15, -0.1) is 0 Å². The highest BCUT2D eigenvalue weighted by atomic mass is 16.4. The van der Waals surface area contributed by atoms with Crippen molar-refractivity contribution in [1.82, 2.24) is 4.98 Å². The summed E-state index contributed by atoms with van der Waals surface area (Å²) in [6.45, 7) is 0. The molecule has 4 heteroatoms. The Balaban J connectivity index is 2.35. The lowest BCUT2D eigenvalue weighted by atomic mass is 9.97. The molecule has 100 valence electrons.